The molecule has 2 aliphatic heterocycles. The molecule has 1 amide bonds. The maximum Gasteiger partial charge on any atom is 0.266 e. The van der Waals surface area contributed by atoms with Crippen LogP contribution < -0.4 is 10.2 Å². The van der Waals surface area contributed by atoms with E-state index < -0.39 is 20.7 Å². The van der Waals surface area contributed by atoms with Crippen LogP contribution in [0.4, 0.5) is 0 Å². The monoisotopic (exact) mass is 459 g/mol. The molecule has 0 bridgehead atoms. The summed E-state index contributed by atoms with van der Waals surface area (Å²) >= 11 is 1.72. The summed E-state index contributed by atoms with van der Waals surface area (Å²) in [5, 5.41) is 9.15. The van der Waals surface area contributed by atoms with E-state index in [1.54, 1.807) is 23.4 Å². The van der Waals surface area contributed by atoms with Gasteiger partial charge >= 0.3 is 0 Å². The van der Waals surface area contributed by atoms with Crippen molar-refractivity contribution >= 4 is 27.7 Å². The minimum absolute atomic E-state index is 0.0290. The Balaban J connectivity index is 1.64. The molecule has 0 saturated carbocycles. The number of sulfonamides is 1. The SMILES string of the molecule is CSCCOc1ccc(C2CCN(S(=O)(=O)C3(C(=O)NO)CCOCC3)CC2)nc1. The van der Waals surface area contributed by atoms with Gasteiger partial charge in [-0.05, 0) is 31.2 Å². The first-order valence-electron chi connectivity index (χ1n) is 10.0. The maximum atomic E-state index is 13.3. The van der Waals surface area contributed by atoms with Crippen molar-refractivity contribution in [2.45, 2.75) is 36.3 Å². The van der Waals surface area contributed by atoms with Gasteiger partial charge in [-0.1, -0.05) is 0 Å². The lowest BCUT2D eigenvalue weighted by atomic mass is 9.94. The van der Waals surface area contributed by atoms with E-state index in [1.807, 2.05) is 18.4 Å². The lowest BCUT2D eigenvalue weighted by Gasteiger charge is -2.40. The summed E-state index contributed by atoms with van der Waals surface area (Å²) in [6, 6.07) is 3.83. The van der Waals surface area contributed by atoms with E-state index in [0.29, 0.717) is 32.5 Å². The fourth-order valence-electron chi connectivity index (χ4n) is 4.01. The summed E-state index contributed by atoms with van der Waals surface area (Å²) in [7, 11) is -3.94. The highest BCUT2D eigenvalue weighted by molar-refractivity contribution is 7.98. The molecule has 2 N–H and O–H groups in total. The van der Waals surface area contributed by atoms with Crippen molar-refractivity contribution in [2.75, 3.05) is 44.9 Å². The van der Waals surface area contributed by atoms with Gasteiger partial charge in [0.15, 0.2) is 4.75 Å². The number of pyridine rings is 1. The third-order valence-corrected chi connectivity index (χ3v) is 9.04. The second kappa shape index (κ2) is 10.3. The van der Waals surface area contributed by atoms with Crippen LogP contribution in [0.1, 0.15) is 37.3 Å². The highest BCUT2D eigenvalue weighted by atomic mass is 32.2. The standard InChI is InChI=1S/C19H29N3O6S2/c1-29-13-12-28-16-2-3-17(20-14-16)15-4-8-22(9-5-15)30(25,26)19(18(23)21-24)6-10-27-11-7-19/h2-3,14-15,24H,4-13H2,1H3,(H,21,23). The molecule has 1 aromatic heterocycles. The molecule has 2 aliphatic rings. The van der Waals surface area contributed by atoms with Gasteiger partial charge in [-0.25, -0.2) is 18.2 Å². The van der Waals surface area contributed by atoms with Crippen LogP contribution in [0.5, 0.6) is 5.75 Å². The Bertz CT molecular complexity index is 804. The largest absolute Gasteiger partial charge is 0.491 e. The summed E-state index contributed by atoms with van der Waals surface area (Å²) < 4.78 is 37.3. The maximum absolute atomic E-state index is 13.3. The summed E-state index contributed by atoms with van der Waals surface area (Å²) in [6.07, 6.45) is 5.03. The number of carbonyl (C=O) groups excluding carboxylic acids is 1. The van der Waals surface area contributed by atoms with Gasteiger partial charge in [-0.2, -0.15) is 11.8 Å². The molecule has 0 spiro atoms. The zero-order valence-corrected chi connectivity index (χ0v) is 18.7. The number of rotatable bonds is 8. The molecule has 0 radical (unpaired) electrons. The van der Waals surface area contributed by atoms with Gasteiger partial charge in [-0.15, -0.1) is 0 Å². The molecule has 9 nitrogen and oxygen atoms in total. The highest BCUT2D eigenvalue weighted by Crippen LogP contribution is 2.36. The zero-order valence-electron chi connectivity index (χ0n) is 17.1. The van der Waals surface area contributed by atoms with Gasteiger partial charge < -0.3 is 9.47 Å². The van der Waals surface area contributed by atoms with Crippen LogP contribution in [0.25, 0.3) is 0 Å². The highest BCUT2D eigenvalue weighted by Gasteiger charge is 2.54. The lowest BCUT2D eigenvalue weighted by Crippen LogP contribution is -2.60. The van der Waals surface area contributed by atoms with Gasteiger partial charge in [-0.3, -0.25) is 15.0 Å². The zero-order chi connectivity index (χ0) is 21.6. The van der Waals surface area contributed by atoms with Gasteiger partial charge in [0.2, 0.25) is 10.0 Å². The number of carbonyl (C=O) groups is 1. The molecule has 3 heterocycles. The summed E-state index contributed by atoms with van der Waals surface area (Å²) in [4.78, 5) is 16.8. The molecule has 0 unspecified atom stereocenters. The van der Waals surface area contributed by atoms with E-state index in [2.05, 4.69) is 4.98 Å². The Morgan fingerprint density at radius 3 is 2.63 bits per heavy atom. The van der Waals surface area contributed by atoms with E-state index in [4.69, 9.17) is 14.7 Å². The van der Waals surface area contributed by atoms with Gasteiger partial charge in [0.1, 0.15) is 5.75 Å². The number of thioether (sulfide) groups is 1. The Labute approximate surface area is 181 Å². The minimum atomic E-state index is -3.94. The Morgan fingerprint density at radius 1 is 1.37 bits per heavy atom. The fraction of sp³-hybridized carbons (Fsp3) is 0.684. The number of aromatic nitrogens is 1. The fourth-order valence-corrected chi connectivity index (χ4v) is 6.40. The molecule has 11 heteroatoms. The first-order chi connectivity index (χ1) is 14.4. The van der Waals surface area contributed by atoms with Crippen LogP contribution in [0.15, 0.2) is 18.3 Å². The molecule has 2 fully saturated rings. The quantitative estimate of drug-likeness (QED) is 0.340. The second-order valence-electron chi connectivity index (χ2n) is 7.49. The summed E-state index contributed by atoms with van der Waals surface area (Å²) in [6.45, 7) is 1.58. The van der Waals surface area contributed by atoms with Crippen LogP contribution in [0, 0.1) is 0 Å². The molecule has 0 atom stereocenters. The molecule has 30 heavy (non-hydrogen) atoms. The number of amides is 1. The number of ether oxygens (including phenoxy) is 2. The predicted octanol–water partition coefficient (Wildman–Crippen LogP) is 1.39. The number of hydrogen-bond acceptors (Lipinski definition) is 8. The van der Waals surface area contributed by atoms with Crippen molar-refractivity contribution in [2.24, 2.45) is 0 Å². The van der Waals surface area contributed by atoms with Gasteiger partial charge in [0.25, 0.3) is 5.91 Å². The van der Waals surface area contributed by atoms with Crippen LogP contribution in [0.2, 0.25) is 0 Å². The Hall–Kier alpha value is -1.40. The number of nitrogens with zero attached hydrogens (tertiary/aromatic N) is 2. The van der Waals surface area contributed by atoms with Crippen LogP contribution in [0.3, 0.4) is 0 Å². The van der Waals surface area contributed by atoms with E-state index >= 15 is 0 Å². The Kier molecular flexibility index (Phi) is 7.97. The molecule has 0 aliphatic carbocycles. The van der Waals surface area contributed by atoms with Crippen molar-refractivity contribution in [1.82, 2.24) is 14.8 Å². The molecule has 1 aromatic rings. The van der Waals surface area contributed by atoms with Crippen molar-refractivity contribution in [3.63, 3.8) is 0 Å². The molecule has 2 saturated heterocycles. The predicted molar refractivity (Wildman–Crippen MR) is 113 cm³/mol. The van der Waals surface area contributed by atoms with Crippen LogP contribution in [-0.2, 0) is 19.6 Å². The molecule has 3 rings (SSSR count). The van der Waals surface area contributed by atoms with Gasteiger partial charge in [0.05, 0.1) is 12.8 Å². The summed E-state index contributed by atoms with van der Waals surface area (Å²) in [5.41, 5.74) is 2.47. The first-order valence-corrected chi connectivity index (χ1v) is 12.9. The number of hydroxylamine groups is 1. The molecule has 0 aromatic carbocycles. The minimum Gasteiger partial charge on any atom is -0.491 e. The average Bonchev–Trinajstić information content (AvgIpc) is 2.79. The number of piperidine rings is 1. The van der Waals surface area contributed by atoms with Crippen LogP contribution >= 0.6 is 11.8 Å². The van der Waals surface area contributed by atoms with E-state index in [0.717, 1.165) is 17.2 Å². The van der Waals surface area contributed by atoms with Crippen molar-refractivity contribution in [3.05, 3.63) is 24.0 Å². The van der Waals surface area contributed by atoms with Crippen molar-refractivity contribution in [1.29, 1.82) is 0 Å². The number of hydrogen-bond donors (Lipinski definition) is 2. The number of nitrogens with one attached hydrogen (secondary N) is 1. The molecular weight excluding hydrogens is 430 g/mol. The van der Waals surface area contributed by atoms with Gasteiger partial charge in [0, 0.05) is 56.5 Å². The molecule has 168 valence electrons. The first kappa shape index (κ1) is 23.3. The smallest absolute Gasteiger partial charge is 0.266 e. The van der Waals surface area contributed by atoms with E-state index in [-0.39, 0.29) is 32.0 Å². The lowest BCUT2D eigenvalue weighted by molar-refractivity contribution is -0.134. The second-order valence-corrected chi connectivity index (χ2v) is 10.7. The van der Waals surface area contributed by atoms with Crippen LogP contribution in [-0.4, -0.2) is 78.5 Å². The van der Waals surface area contributed by atoms with Crippen molar-refractivity contribution < 1.29 is 27.9 Å². The third-order valence-electron chi connectivity index (χ3n) is 5.84. The average molecular weight is 460 g/mol. The summed E-state index contributed by atoms with van der Waals surface area (Å²) in [5.74, 6) is 0.904. The Morgan fingerprint density at radius 2 is 2.07 bits per heavy atom. The van der Waals surface area contributed by atoms with Crippen molar-refractivity contribution in [3.8, 4) is 5.75 Å². The van der Waals surface area contributed by atoms with E-state index in [9.17, 15) is 13.2 Å². The topological polar surface area (TPSA) is 118 Å². The normalized spacial score (nSPS) is 20.6. The van der Waals surface area contributed by atoms with E-state index in [1.165, 1.54) is 4.31 Å². The third kappa shape index (κ3) is 4.75. The molecular formula is C19H29N3O6S2.